The number of carbonyl (C=O) groups is 2. The quantitative estimate of drug-likeness (QED) is 0.757. The summed E-state index contributed by atoms with van der Waals surface area (Å²) in [6, 6.07) is 8.10. The zero-order chi connectivity index (χ0) is 18.5. The molecule has 3 N–H and O–H groups in total. The molecule has 1 fully saturated rings. The van der Waals surface area contributed by atoms with Crippen molar-refractivity contribution in [3.05, 3.63) is 41.6 Å². The highest BCUT2D eigenvalue weighted by atomic mass is 35.5. The van der Waals surface area contributed by atoms with Crippen molar-refractivity contribution in [2.24, 2.45) is 0 Å². The van der Waals surface area contributed by atoms with Gasteiger partial charge in [-0.2, -0.15) is 0 Å². The van der Waals surface area contributed by atoms with E-state index in [9.17, 15) is 9.59 Å². The third kappa shape index (κ3) is 4.43. The first-order chi connectivity index (χ1) is 12.5. The van der Waals surface area contributed by atoms with Crippen molar-refractivity contribution in [2.75, 3.05) is 33.9 Å². The van der Waals surface area contributed by atoms with Crippen molar-refractivity contribution in [1.29, 1.82) is 0 Å². The lowest BCUT2D eigenvalue weighted by Crippen LogP contribution is -2.24. The maximum atomic E-state index is 12.4. The first-order valence-electron chi connectivity index (χ1n) is 8.38. The molecular formula is C18H20ClN5O2. The third-order valence-corrected chi connectivity index (χ3v) is 4.30. The Bertz CT molecular complexity index is 821. The van der Waals surface area contributed by atoms with Gasteiger partial charge in [-0.25, -0.2) is 9.78 Å². The zero-order valence-corrected chi connectivity index (χ0v) is 15.1. The van der Waals surface area contributed by atoms with Crippen LogP contribution in [0.25, 0.3) is 0 Å². The number of nitrogens with zero attached hydrogens (tertiary/aromatic N) is 2. The highest BCUT2D eigenvalue weighted by Crippen LogP contribution is 2.27. The first-order valence-corrected chi connectivity index (χ1v) is 8.76. The summed E-state index contributed by atoms with van der Waals surface area (Å²) in [5, 5.41) is 8.60. The molecule has 0 bridgehead atoms. The van der Waals surface area contributed by atoms with E-state index in [-0.39, 0.29) is 5.91 Å². The maximum absolute atomic E-state index is 12.4. The predicted octanol–water partition coefficient (Wildman–Crippen LogP) is 3.94. The van der Waals surface area contributed by atoms with E-state index >= 15 is 0 Å². The van der Waals surface area contributed by atoms with Gasteiger partial charge < -0.3 is 20.9 Å². The lowest BCUT2D eigenvalue weighted by atomic mass is 10.2. The number of aromatic nitrogens is 1. The number of nitrogens with one attached hydrogen (secondary N) is 3. The fourth-order valence-electron chi connectivity index (χ4n) is 2.85. The van der Waals surface area contributed by atoms with Crippen molar-refractivity contribution >= 4 is 46.4 Å². The van der Waals surface area contributed by atoms with Gasteiger partial charge in [0.2, 0.25) is 5.91 Å². The Morgan fingerprint density at radius 1 is 1.08 bits per heavy atom. The molecule has 0 unspecified atom stereocenters. The Kier molecular flexibility index (Phi) is 5.58. The number of hydrogen-bond donors (Lipinski definition) is 3. The molecule has 0 saturated carbocycles. The number of anilines is 4. The average molecular weight is 374 g/mol. The number of benzene rings is 1. The first kappa shape index (κ1) is 18.0. The second-order valence-corrected chi connectivity index (χ2v) is 6.43. The van der Waals surface area contributed by atoms with Crippen molar-refractivity contribution in [2.45, 2.75) is 19.8 Å². The zero-order valence-electron chi connectivity index (χ0n) is 14.4. The van der Waals surface area contributed by atoms with Gasteiger partial charge in [0.25, 0.3) is 0 Å². The third-order valence-electron chi connectivity index (χ3n) is 3.98. The fraction of sp³-hybridized carbons (Fsp3) is 0.278. The fourth-order valence-corrected chi connectivity index (χ4v) is 3.01. The van der Waals surface area contributed by atoms with E-state index in [0.29, 0.717) is 22.1 Å². The molecule has 0 aliphatic carbocycles. The highest BCUT2D eigenvalue weighted by Gasteiger charge is 2.18. The molecular weight excluding hydrogens is 354 g/mol. The molecule has 0 spiro atoms. The molecule has 2 aromatic rings. The normalized spacial score (nSPS) is 13.4. The van der Waals surface area contributed by atoms with Crippen LogP contribution in [0.1, 0.15) is 19.8 Å². The summed E-state index contributed by atoms with van der Waals surface area (Å²) < 4.78 is 0. The summed E-state index contributed by atoms with van der Waals surface area (Å²) in [6.45, 7) is 3.26. The molecule has 7 nitrogen and oxygen atoms in total. The minimum atomic E-state index is -0.394. The molecule has 26 heavy (non-hydrogen) atoms. The second kappa shape index (κ2) is 8.05. The number of amides is 3. The van der Waals surface area contributed by atoms with E-state index in [1.807, 2.05) is 6.07 Å². The van der Waals surface area contributed by atoms with Gasteiger partial charge in [0.1, 0.15) is 0 Å². The van der Waals surface area contributed by atoms with E-state index < -0.39 is 6.03 Å². The average Bonchev–Trinajstić information content (AvgIpc) is 3.12. The summed E-state index contributed by atoms with van der Waals surface area (Å²) in [5.74, 6) is 0.536. The van der Waals surface area contributed by atoms with E-state index in [2.05, 4.69) is 25.8 Å². The Hall–Kier alpha value is -2.80. The van der Waals surface area contributed by atoms with Gasteiger partial charge >= 0.3 is 6.03 Å². The van der Waals surface area contributed by atoms with Crippen LogP contribution in [0, 0.1) is 0 Å². The number of hydrogen-bond acceptors (Lipinski definition) is 4. The van der Waals surface area contributed by atoms with Crippen LogP contribution in [-0.4, -0.2) is 30.0 Å². The van der Waals surface area contributed by atoms with Crippen molar-refractivity contribution in [3.63, 3.8) is 0 Å². The molecule has 3 rings (SSSR count). The van der Waals surface area contributed by atoms with Crippen LogP contribution >= 0.6 is 11.6 Å². The summed E-state index contributed by atoms with van der Waals surface area (Å²) in [6.07, 6.45) is 3.97. The van der Waals surface area contributed by atoms with E-state index in [4.69, 9.17) is 11.6 Å². The van der Waals surface area contributed by atoms with E-state index in [1.54, 1.807) is 30.5 Å². The Morgan fingerprint density at radius 2 is 1.85 bits per heavy atom. The molecule has 1 saturated heterocycles. The number of pyridine rings is 1. The molecule has 1 aliphatic rings. The molecule has 1 aliphatic heterocycles. The van der Waals surface area contributed by atoms with Gasteiger partial charge in [-0.1, -0.05) is 11.6 Å². The van der Waals surface area contributed by atoms with Gasteiger partial charge in [0.15, 0.2) is 5.82 Å². The summed E-state index contributed by atoms with van der Waals surface area (Å²) in [4.78, 5) is 30.2. The molecule has 1 aromatic heterocycles. The van der Waals surface area contributed by atoms with Gasteiger partial charge in [-0.05, 0) is 43.2 Å². The Labute approximate surface area is 156 Å². The van der Waals surface area contributed by atoms with Crippen LogP contribution in [0.3, 0.4) is 0 Å². The Balaban J connectivity index is 1.71. The number of rotatable bonds is 4. The highest BCUT2D eigenvalue weighted by molar-refractivity contribution is 6.33. The van der Waals surface area contributed by atoms with Gasteiger partial charge in [-0.3, -0.25) is 4.79 Å². The summed E-state index contributed by atoms with van der Waals surface area (Å²) in [7, 11) is 0. The van der Waals surface area contributed by atoms with Gasteiger partial charge in [-0.15, -0.1) is 0 Å². The minimum Gasteiger partial charge on any atom is -0.355 e. The van der Waals surface area contributed by atoms with Crippen LogP contribution in [0.15, 0.2) is 36.5 Å². The largest absolute Gasteiger partial charge is 0.355 e. The van der Waals surface area contributed by atoms with Crippen molar-refractivity contribution in [1.82, 2.24) is 4.98 Å². The molecule has 136 valence electrons. The standard InChI is InChI=1S/C18H20ClN5O2/c1-12(25)21-16-11-13(6-7-14(16)19)22-18(26)23-15-5-4-8-20-17(15)24-9-2-3-10-24/h4-8,11H,2-3,9-10H2,1H3,(H,21,25)(H2,22,23,26). The number of urea groups is 1. The number of carbonyl (C=O) groups excluding carboxylic acids is 2. The molecule has 0 radical (unpaired) electrons. The van der Waals surface area contributed by atoms with Gasteiger partial charge in [0, 0.05) is 31.9 Å². The molecule has 2 heterocycles. The monoisotopic (exact) mass is 373 g/mol. The minimum absolute atomic E-state index is 0.237. The lowest BCUT2D eigenvalue weighted by molar-refractivity contribution is -0.114. The van der Waals surface area contributed by atoms with Crippen LogP contribution < -0.4 is 20.9 Å². The second-order valence-electron chi connectivity index (χ2n) is 6.02. The Morgan fingerprint density at radius 3 is 2.58 bits per heavy atom. The molecule has 0 atom stereocenters. The summed E-state index contributed by atoms with van der Waals surface area (Å²) in [5.41, 5.74) is 1.61. The predicted molar refractivity (Wildman–Crippen MR) is 104 cm³/mol. The van der Waals surface area contributed by atoms with Crippen molar-refractivity contribution in [3.8, 4) is 0 Å². The molecule has 3 amide bonds. The van der Waals surface area contributed by atoms with Gasteiger partial charge in [0.05, 0.1) is 16.4 Å². The van der Waals surface area contributed by atoms with Crippen molar-refractivity contribution < 1.29 is 9.59 Å². The van der Waals surface area contributed by atoms with Crippen LogP contribution in [0.2, 0.25) is 5.02 Å². The van der Waals surface area contributed by atoms with E-state index in [1.165, 1.54) is 6.92 Å². The van der Waals surface area contributed by atoms with Crippen LogP contribution in [-0.2, 0) is 4.79 Å². The topological polar surface area (TPSA) is 86.4 Å². The number of halogens is 1. The molecule has 1 aromatic carbocycles. The smallest absolute Gasteiger partial charge is 0.323 e. The lowest BCUT2D eigenvalue weighted by Gasteiger charge is -2.20. The SMILES string of the molecule is CC(=O)Nc1cc(NC(=O)Nc2cccnc2N2CCCC2)ccc1Cl. The summed E-state index contributed by atoms with van der Waals surface area (Å²) >= 11 is 6.04. The van der Waals surface area contributed by atoms with E-state index in [0.717, 1.165) is 31.7 Å². The molecule has 8 heteroatoms. The van der Waals surface area contributed by atoms with Crippen LogP contribution in [0.4, 0.5) is 27.7 Å². The maximum Gasteiger partial charge on any atom is 0.323 e. The van der Waals surface area contributed by atoms with Crippen LogP contribution in [0.5, 0.6) is 0 Å².